The zero-order valence-corrected chi connectivity index (χ0v) is 31.5. The average Bonchev–Trinajstić information content (AvgIpc) is 3.62. The highest BCUT2D eigenvalue weighted by Crippen LogP contribution is 2.62. The van der Waals surface area contributed by atoms with Crippen molar-refractivity contribution in [2.24, 2.45) is 29.6 Å². The summed E-state index contributed by atoms with van der Waals surface area (Å²) in [6.45, 7) is 2.81. The molecule has 3 aliphatic heterocycles. The third-order valence-corrected chi connectivity index (χ3v) is 12.6. The first-order valence-electron chi connectivity index (χ1n) is 19.0. The Balaban J connectivity index is 1.16. The van der Waals surface area contributed by atoms with Gasteiger partial charge in [0.2, 0.25) is 23.6 Å². The highest BCUT2D eigenvalue weighted by molar-refractivity contribution is 6.32. The molecule has 4 aromatic carbocycles. The minimum atomic E-state index is -1.38. The number of morpholine rings is 1. The van der Waals surface area contributed by atoms with Gasteiger partial charge in [0.1, 0.15) is 0 Å². The van der Waals surface area contributed by atoms with Gasteiger partial charge in [-0.05, 0) is 84.5 Å². The van der Waals surface area contributed by atoms with Gasteiger partial charge in [0.05, 0.1) is 54.9 Å². The molecule has 10 nitrogen and oxygen atoms in total. The molecular formula is C45H40ClN3O7. The summed E-state index contributed by atoms with van der Waals surface area (Å²) in [5, 5.41) is 10.7. The third kappa shape index (κ3) is 5.57. The summed E-state index contributed by atoms with van der Waals surface area (Å²) in [5.41, 5.74) is 2.75. The van der Waals surface area contributed by atoms with Crippen LogP contribution in [-0.2, 0) is 29.3 Å². The van der Waals surface area contributed by atoms with E-state index in [0.29, 0.717) is 47.2 Å². The highest BCUT2D eigenvalue weighted by atomic mass is 35.5. The highest BCUT2D eigenvalue weighted by Gasteiger charge is 2.69. The number of imide groups is 2. The molecule has 3 heterocycles. The fourth-order valence-electron chi connectivity index (χ4n) is 9.88. The fourth-order valence-corrected chi connectivity index (χ4v) is 10.1. The molecule has 56 heavy (non-hydrogen) atoms. The van der Waals surface area contributed by atoms with Crippen molar-refractivity contribution in [3.63, 3.8) is 0 Å². The molecule has 0 aromatic heterocycles. The monoisotopic (exact) mass is 769 g/mol. The molecule has 4 amide bonds. The van der Waals surface area contributed by atoms with E-state index < -0.39 is 35.0 Å². The maximum absolute atomic E-state index is 15.4. The second kappa shape index (κ2) is 14.1. The van der Waals surface area contributed by atoms with Crippen LogP contribution in [0.15, 0.2) is 115 Å². The van der Waals surface area contributed by atoms with Gasteiger partial charge in [-0.1, -0.05) is 77.9 Å². The van der Waals surface area contributed by atoms with Gasteiger partial charge in [-0.15, -0.1) is 0 Å². The standard InChI is InChI=1S/C45H40ClN3O7/c1-55-39-24-27(11-19-38(39)50)10-18-36-33-16-17-34-40(43(53)48(41(34)51)31-14-12-30(13-15-31)47-20-22-56-23-21-47)35(33)26-37-42(52)49(32-9-5-8-29(46)25-32)44(54)45(36,37)28-6-3-2-4-7-28/h2-16,18-19,24-25,34-37,40,50H,17,20-23,26H2,1H3. The summed E-state index contributed by atoms with van der Waals surface area (Å²) in [5.74, 6) is -4.40. The minimum Gasteiger partial charge on any atom is -0.504 e. The molecule has 4 fully saturated rings. The molecule has 0 radical (unpaired) electrons. The van der Waals surface area contributed by atoms with Crippen LogP contribution in [0.5, 0.6) is 11.5 Å². The summed E-state index contributed by atoms with van der Waals surface area (Å²) in [4.78, 5) is 64.1. The van der Waals surface area contributed by atoms with Crippen molar-refractivity contribution in [1.29, 1.82) is 0 Å². The summed E-state index contributed by atoms with van der Waals surface area (Å²) < 4.78 is 10.9. The molecule has 9 rings (SSSR count). The Morgan fingerprint density at radius 1 is 0.804 bits per heavy atom. The normalized spacial score (nSPS) is 27.4. The lowest BCUT2D eigenvalue weighted by molar-refractivity contribution is -0.128. The van der Waals surface area contributed by atoms with Gasteiger partial charge in [0, 0.05) is 29.7 Å². The van der Waals surface area contributed by atoms with Crippen molar-refractivity contribution < 1.29 is 33.8 Å². The zero-order chi connectivity index (χ0) is 38.7. The maximum Gasteiger partial charge on any atom is 0.246 e. The van der Waals surface area contributed by atoms with Gasteiger partial charge in [0.15, 0.2) is 11.5 Å². The van der Waals surface area contributed by atoms with Gasteiger partial charge in [-0.25, -0.2) is 4.90 Å². The van der Waals surface area contributed by atoms with E-state index in [2.05, 4.69) is 4.90 Å². The van der Waals surface area contributed by atoms with E-state index in [1.54, 1.807) is 42.5 Å². The largest absolute Gasteiger partial charge is 0.504 e. The molecule has 11 heteroatoms. The molecule has 5 aliphatic rings. The van der Waals surface area contributed by atoms with Crippen LogP contribution in [0.25, 0.3) is 6.08 Å². The number of halogens is 1. The summed E-state index contributed by atoms with van der Waals surface area (Å²) in [6, 6.07) is 28.6. The number of carbonyl (C=O) groups excluding carboxylic acids is 4. The first-order valence-corrected chi connectivity index (χ1v) is 19.4. The number of phenols is 1. The Morgan fingerprint density at radius 3 is 2.29 bits per heavy atom. The Morgan fingerprint density at radius 2 is 1.55 bits per heavy atom. The molecule has 4 aromatic rings. The average molecular weight is 770 g/mol. The number of aromatic hydroxyl groups is 1. The van der Waals surface area contributed by atoms with Crippen LogP contribution in [-0.4, -0.2) is 62.1 Å². The number of allylic oxidation sites excluding steroid dienone is 3. The number of fused-ring (bicyclic) bond motifs is 4. The first kappa shape index (κ1) is 36.0. The van der Waals surface area contributed by atoms with Crippen LogP contribution >= 0.6 is 11.6 Å². The third-order valence-electron chi connectivity index (χ3n) is 12.4. The number of anilines is 3. The molecule has 0 spiro atoms. The fraction of sp³-hybridized carbons (Fsp3) is 0.289. The van der Waals surface area contributed by atoms with Crippen LogP contribution in [0, 0.1) is 29.6 Å². The quantitative estimate of drug-likeness (QED) is 0.161. The predicted molar refractivity (Wildman–Crippen MR) is 212 cm³/mol. The second-order valence-electron chi connectivity index (χ2n) is 15.1. The zero-order valence-electron chi connectivity index (χ0n) is 30.7. The first-order chi connectivity index (χ1) is 27.2. The maximum atomic E-state index is 15.4. The molecular weight excluding hydrogens is 730 g/mol. The topological polar surface area (TPSA) is 117 Å². The minimum absolute atomic E-state index is 0.0114. The predicted octanol–water partition coefficient (Wildman–Crippen LogP) is 6.80. The molecule has 284 valence electrons. The SMILES string of the molecule is COc1cc(C=CC2C3=CCC4C(=O)N(c5ccc(N6CCOCC6)cc5)C(=O)C4C3CC3C(=O)N(c4cccc(Cl)c4)C(=O)C23c2ccccc2)ccc1O. The Kier molecular flexibility index (Phi) is 9.05. The van der Waals surface area contributed by atoms with Crippen LogP contribution in [0.3, 0.4) is 0 Å². The number of benzene rings is 4. The van der Waals surface area contributed by atoms with Crippen molar-refractivity contribution in [3.05, 3.63) is 131 Å². The van der Waals surface area contributed by atoms with Crippen LogP contribution < -0.4 is 19.4 Å². The van der Waals surface area contributed by atoms with Crippen molar-refractivity contribution in [2.75, 3.05) is 48.1 Å². The van der Waals surface area contributed by atoms with Crippen LogP contribution in [0.4, 0.5) is 17.1 Å². The lowest BCUT2D eigenvalue weighted by atomic mass is 9.50. The lowest BCUT2D eigenvalue weighted by Gasteiger charge is -2.49. The molecule has 2 aliphatic carbocycles. The summed E-state index contributed by atoms with van der Waals surface area (Å²) in [6.07, 6.45) is 6.36. The molecule has 6 unspecified atom stereocenters. The van der Waals surface area contributed by atoms with Crippen LogP contribution in [0.1, 0.15) is 24.0 Å². The Hall–Kier alpha value is -5.71. The Bertz CT molecular complexity index is 2300. The van der Waals surface area contributed by atoms with E-state index in [4.69, 9.17) is 21.1 Å². The molecule has 3 saturated heterocycles. The van der Waals surface area contributed by atoms with Gasteiger partial charge >= 0.3 is 0 Å². The molecule has 1 N–H and O–H groups in total. The molecule has 0 bridgehead atoms. The van der Waals surface area contributed by atoms with Crippen molar-refractivity contribution >= 4 is 58.4 Å². The Labute approximate surface area is 329 Å². The van der Waals surface area contributed by atoms with Crippen LogP contribution in [0.2, 0.25) is 5.02 Å². The van der Waals surface area contributed by atoms with E-state index >= 15 is 4.79 Å². The number of carbonyl (C=O) groups is 4. The number of amides is 4. The summed E-state index contributed by atoms with van der Waals surface area (Å²) >= 11 is 6.43. The summed E-state index contributed by atoms with van der Waals surface area (Å²) in [7, 11) is 1.47. The van der Waals surface area contributed by atoms with Crippen molar-refractivity contribution in [2.45, 2.75) is 18.3 Å². The number of methoxy groups -OCH3 is 1. The number of rotatable bonds is 7. The number of hydrogen-bond donors (Lipinski definition) is 1. The van der Waals surface area contributed by atoms with Gasteiger partial charge in [-0.3, -0.25) is 24.1 Å². The van der Waals surface area contributed by atoms with E-state index in [1.807, 2.05) is 72.8 Å². The van der Waals surface area contributed by atoms with Gasteiger partial charge < -0.3 is 19.5 Å². The van der Waals surface area contributed by atoms with E-state index in [0.717, 1.165) is 24.4 Å². The second-order valence-corrected chi connectivity index (χ2v) is 15.5. The van der Waals surface area contributed by atoms with E-state index in [1.165, 1.54) is 16.9 Å². The van der Waals surface area contributed by atoms with Gasteiger partial charge in [-0.2, -0.15) is 0 Å². The van der Waals surface area contributed by atoms with E-state index in [9.17, 15) is 19.5 Å². The number of ether oxygens (including phenoxy) is 2. The van der Waals surface area contributed by atoms with Gasteiger partial charge in [0.25, 0.3) is 0 Å². The smallest absolute Gasteiger partial charge is 0.246 e. The molecule has 1 saturated carbocycles. The van der Waals surface area contributed by atoms with Crippen molar-refractivity contribution in [3.8, 4) is 11.5 Å². The van der Waals surface area contributed by atoms with E-state index in [-0.39, 0.29) is 41.5 Å². The number of phenolic OH excluding ortho intramolecular Hbond substituents is 1. The molecule has 6 atom stereocenters. The van der Waals surface area contributed by atoms with Crippen molar-refractivity contribution in [1.82, 2.24) is 0 Å². The lowest BCUT2D eigenvalue weighted by Crippen LogP contribution is -2.54. The number of hydrogen-bond acceptors (Lipinski definition) is 8. The number of nitrogens with zero attached hydrogens (tertiary/aromatic N) is 3.